The molecular formula is C18H27NO2. The van der Waals surface area contributed by atoms with Crippen LogP contribution in [-0.2, 0) is 4.74 Å². The molecule has 3 heteroatoms. The van der Waals surface area contributed by atoms with Crippen LogP contribution in [0.2, 0.25) is 0 Å². The van der Waals surface area contributed by atoms with Crippen molar-refractivity contribution in [2.24, 2.45) is 0 Å². The van der Waals surface area contributed by atoms with Crippen molar-refractivity contribution in [3.05, 3.63) is 35.4 Å². The summed E-state index contributed by atoms with van der Waals surface area (Å²) >= 11 is 0. The van der Waals surface area contributed by atoms with Gasteiger partial charge in [0.1, 0.15) is 0 Å². The van der Waals surface area contributed by atoms with Crippen molar-refractivity contribution in [1.82, 2.24) is 4.90 Å². The molecule has 1 aromatic carbocycles. The normalized spacial score (nSPS) is 23.5. The molecule has 0 aromatic heterocycles. The minimum absolute atomic E-state index is 0.206. The van der Waals surface area contributed by atoms with Gasteiger partial charge in [-0.1, -0.05) is 45.0 Å². The topological polar surface area (TPSA) is 29.5 Å². The number of rotatable bonds is 5. The fourth-order valence-electron chi connectivity index (χ4n) is 2.81. The zero-order valence-electron chi connectivity index (χ0n) is 13.6. The Kier molecular flexibility index (Phi) is 5.54. The van der Waals surface area contributed by atoms with Gasteiger partial charge in [0.2, 0.25) is 0 Å². The Bertz CT molecular complexity index is 467. The lowest BCUT2D eigenvalue weighted by atomic mass is 10.00. The predicted molar refractivity (Wildman–Crippen MR) is 85.9 cm³/mol. The van der Waals surface area contributed by atoms with E-state index in [2.05, 4.69) is 44.7 Å². The van der Waals surface area contributed by atoms with E-state index in [9.17, 15) is 4.79 Å². The number of ketones is 1. The standard InChI is InChI=1S/C18H27NO2/c1-5-17-12-21-14(4)10-19(17)11-18(20)16-8-6-15(7-9-16)13(2)3/h6-9,13-14,17H,5,10-12H2,1-4H3. The van der Waals surface area contributed by atoms with Gasteiger partial charge < -0.3 is 4.74 Å². The molecule has 0 N–H and O–H groups in total. The highest BCUT2D eigenvalue weighted by Crippen LogP contribution is 2.17. The Balaban J connectivity index is 2.02. The molecule has 2 rings (SSSR count). The molecule has 1 aliphatic heterocycles. The largest absolute Gasteiger partial charge is 0.376 e. The van der Waals surface area contributed by atoms with Gasteiger partial charge in [0.05, 0.1) is 19.3 Å². The first-order chi connectivity index (χ1) is 10.0. The SMILES string of the molecule is CCC1COC(C)CN1CC(=O)c1ccc(C(C)C)cc1. The number of nitrogens with zero attached hydrogens (tertiary/aromatic N) is 1. The first-order valence-electron chi connectivity index (χ1n) is 8.00. The van der Waals surface area contributed by atoms with E-state index in [1.165, 1.54) is 5.56 Å². The van der Waals surface area contributed by atoms with Gasteiger partial charge in [-0.2, -0.15) is 0 Å². The second-order valence-electron chi connectivity index (χ2n) is 6.34. The van der Waals surface area contributed by atoms with Gasteiger partial charge in [0, 0.05) is 18.2 Å². The maximum atomic E-state index is 12.5. The lowest BCUT2D eigenvalue weighted by Gasteiger charge is -2.37. The fraction of sp³-hybridized carbons (Fsp3) is 0.611. The predicted octanol–water partition coefficient (Wildman–Crippen LogP) is 3.49. The molecule has 3 nitrogen and oxygen atoms in total. The number of hydrogen-bond donors (Lipinski definition) is 0. The maximum Gasteiger partial charge on any atom is 0.176 e. The van der Waals surface area contributed by atoms with Gasteiger partial charge in [0.25, 0.3) is 0 Å². The zero-order chi connectivity index (χ0) is 15.4. The van der Waals surface area contributed by atoms with Crippen molar-refractivity contribution in [3.8, 4) is 0 Å². The fourth-order valence-corrected chi connectivity index (χ4v) is 2.81. The highest BCUT2D eigenvalue weighted by atomic mass is 16.5. The molecule has 0 spiro atoms. The summed E-state index contributed by atoms with van der Waals surface area (Å²) in [7, 11) is 0. The summed E-state index contributed by atoms with van der Waals surface area (Å²) in [5, 5.41) is 0. The zero-order valence-corrected chi connectivity index (χ0v) is 13.6. The minimum Gasteiger partial charge on any atom is -0.376 e. The molecule has 0 aliphatic carbocycles. The average molecular weight is 289 g/mol. The molecule has 2 atom stereocenters. The second kappa shape index (κ2) is 7.19. The molecule has 0 bridgehead atoms. The molecule has 0 radical (unpaired) electrons. The summed E-state index contributed by atoms with van der Waals surface area (Å²) in [6, 6.07) is 8.42. The number of hydrogen-bond acceptors (Lipinski definition) is 3. The molecule has 116 valence electrons. The summed E-state index contributed by atoms with van der Waals surface area (Å²) in [6.07, 6.45) is 1.23. The highest BCUT2D eigenvalue weighted by Gasteiger charge is 2.27. The third-order valence-corrected chi connectivity index (χ3v) is 4.30. The van der Waals surface area contributed by atoms with Crippen molar-refractivity contribution in [1.29, 1.82) is 0 Å². The van der Waals surface area contributed by atoms with Crippen LogP contribution < -0.4 is 0 Å². The van der Waals surface area contributed by atoms with Crippen molar-refractivity contribution < 1.29 is 9.53 Å². The average Bonchev–Trinajstić information content (AvgIpc) is 2.47. The lowest BCUT2D eigenvalue weighted by Crippen LogP contribution is -2.50. The van der Waals surface area contributed by atoms with E-state index in [1.807, 2.05) is 12.1 Å². The molecule has 0 amide bonds. The van der Waals surface area contributed by atoms with E-state index in [0.717, 1.165) is 25.1 Å². The Morgan fingerprint density at radius 2 is 2.00 bits per heavy atom. The van der Waals surface area contributed by atoms with Crippen LogP contribution in [-0.4, -0.2) is 42.5 Å². The van der Waals surface area contributed by atoms with Crippen molar-refractivity contribution in [3.63, 3.8) is 0 Å². The first kappa shape index (κ1) is 16.2. The second-order valence-corrected chi connectivity index (χ2v) is 6.34. The van der Waals surface area contributed by atoms with Gasteiger partial charge in [-0.15, -0.1) is 0 Å². The summed E-state index contributed by atoms with van der Waals surface area (Å²) in [5.41, 5.74) is 2.09. The van der Waals surface area contributed by atoms with Gasteiger partial charge in [-0.05, 0) is 24.8 Å². The molecular weight excluding hydrogens is 262 g/mol. The molecule has 21 heavy (non-hydrogen) atoms. The van der Waals surface area contributed by atoms with E-state index in [-0.39, 0.29) is 11.9 Å². The Morgan fingerprint density at radius 3 is 2.57 bits per heavy atom. The van der Waals surface area contributed by atoms with Crippen molar-refractivity contribution in [2.75, 3.05) is 19.7 Å². The van der Waals surface area contributed by atoms with Crippen LogP contribution in [0, 0.1) is 0 Å². The quantitative estimate of drug-likeness (QED) is 0.777. The summed E-state index contributed by atoms with van der Waals surface area (Å²) < 4.78 is 5.69. The number of morpholine rings is 1. The van der Waals surface area contributed by atoms with Gasteiger partial charge in [0.15, 0.2) is 5.78 Å². The smallest absolute Gasteiger partial charge is 0.176 e. The molecule has 0 saturated carbocycles. The van der Waals surface area contributed by atoms with Gasteiger partial charge in [-0.25, -0.2) is 0 Å². The summed E-state index contributed by atoms with van der Waals surface area (Å²) in [4.78, 5) is 14.8. The molecule has 2 unspecified atom stereocenters. The van der Waals surface area contributed by atoms with Crippen molar-refractivity contribution >= 4 is 5.78 Å². The van der Waals surface area contributed by atoms with E-state index >= 15 is 0 Å². The van der Waals surface area contributed by atoms with E-state index in [4.69, 9.17) is 4.74 Å². The Hall–Kier alpha value is -1.19. The van der Waals surface area contributed by atoms with Crippen LogP contribution in [0.4, 0.5) is 0 Å². The lowest BCUT2D eigenvalue weighted by molar-refractivity contribution is -0.0523. The van der Waals surface area contributed by atoms with Gasteiger partial charge >= 0.3 is 0 Å². The van der Waals surface area contributed by atoms with Crippen LogP contribution in [0.25, 0.3) is 0 Å². The van der Waals surface area contributed by atoms with E-state index < -0.39 is 0 Å². The van der Waals surface area contributed by atoms with Crippen LogP contribution in [0.5, 0.6) is 0 Å². The summed E-state index contributed by atoms with van der Waals surface area (Å²) in [6.45, 7) is 10.6. The minimum atomic E-state index is 0.206. The Morgan fingerprint density at radius 1 is 1.33 bits per heavy atom. The number of benzene rings is 1. The summed E-state index contributed by atoms with van der Waals surface area (Å²) in [5.74, 6) is 0.705. The van der Waals surface area contributed by atoms with E-state index in [0.29, 0.717) is 18.5 Å². The number of Topliss-reactive ketones (excluding diaryl/α,β-unsaturated/α-hetero) is 1. The van der Waals surface area contributed by atoms with Crippen LogP contribution >= 0.6 is 0 Å². The molecule has 1 aromatic rings. The van der Waals surface area contributed by atoms with E-state index in [1.54, 1.807) is 0 Å². The maximum absolute atomic E-state index is 12.5. The number of ether oxygens (including phenoxy) is 1. The molecule has 1 saturated heterocycles. The first-order valence-corrected chi connectivity index (χ1v) is 8.00. The van der Waals surface area contributed by atoms with Gasteiger partial charge in [-0.3, -0.25) is 9.69 Å². The van der Waals surface area contributed by atoms with Crippen LogP contribution in [0.15, 0.2) is 24.3 Å². The van der Waals surface area contributed by atoms with Crippen molar-refractivity contribution in [2.45, 2.75) is 52.2 Å². The third-order valence-electron chi connectivity index (χ3n) is 4.30. The molecule has 1 heterocycles. The molecule has 1 aliphatic rings. The van der Waals surface area contributed by atoms with Crippen LogP contribution in [0.1, 0.15) is 56.0 Å². The monoisotopic (exact) mass is 289 g/mol. The molecule has 1 fully saturated rings. The van der Waals surface area contributed by atoms with Crippen LogP contribution in [0.3, 0.4) is 0 Å². The third kappa shape index (κ3) is 4.14. The number of carbonyl (C=O) groups excluding carboxylic acids is 1. The highest BCUT2D eigenvalue weighted by molar-refractivity contribution is 5.97. The Labute approximate surface area is 128 Å². The number of carbonyl (C=O) groups is 1.